The molecule has 0 radical (unpaired) electrons. The average molecular weight is 416 g/mol. The van der Waals surface area contributed by atoms with Gasteiger partial charge in [-0.15, -0.1) is 16.7 Å². The lowest BCUT2D eigenvalue weighted by molar-refractivity contribution is -0.119. The van der Waals surface area contributed by atoms with Crippen molar-refractivity contribution in [2.75, 3.05) is 17.3 Å². The molecule has 2 aromatic rings. The van der Waals surface area contributed by atoms with Crippen LogP contribution in [0.2, 0.25) is 0 Å². The molecule has 0 unspecified atom stereocenters. The molecule has 1 aliphatic heterocycles. The molecule has 1 amide bonds. The van der Waals surface area contributed by atoms with Crippen LogP contribution in [0, 0.1) is 13.8 Å². The van der Waals surface area contributed by atoms with Crippen molar-refractivity contribution < 1.29 is 13.2 Å². The van der Waals surface area contributed by atoms with E-state index in [1.54, 1.807) is 4.68 Å². The standard InChI is InChI=1S/C15H18ClN5O3S2/c1-9-3-4-10(2)13(5-9)21-15(18-19-20-21)25-6-14(22)17-12-8-26(23,24)7-11(12)16/h3-5,11-12H,6-8H2,1-2H3,(H,17,22)/t11-,12+/m0/s1. The van der Waals surface area contributed by atoms with Crippen LogP contribution in [-0.2, 0) is 14.6 Å². The fourth-order valence-electron chi connectivity index (χ4n) is 2.68. The van der Waals surface area contributed by atoms with Crippen molar-refractivity contribution in [3.8, 4) is 5.69 Å². The lowest BCUT2D eigenvalue weighted by Crippen LogP contribution is -2.41. The Morgan fingerprint density at radius 1 is 1.38 bits per heavy atom. The predicted octanol–water partition coefficient (Wildman–Crippen LogP) is 0.892. The number of amides is 1. The fourth-order valence-corrected chi connectivity index (χ4v) is 5.93. The highest BCUT2D eigenvalue weighted by Gasteiger charge is 2.37. The molecule has 1 fully saturated rings. The van der Waals surface area contributed by atoms with Crippen molar-refractivity contribution >= 4 is 39.1 Å². The van der Waals surface area contributed by atoms with E-state index in [1.807, 2.05) is 32.0 Å². The molecule has 2 atom stereocenters. The maximum absolute atomic E-state index is 12.2. The van der Waals surface area contributed by atoms with E-state index in [4.69, 9.17) is 11.6 Å². The quantitative estimate of drug-likeness (QED) is 0.570. The fraction of sp³-hybridized carbons (Fsp3) is 0.467. The molecule has 8 nitrogen and oxygen atoms in total. The van der Waals surface area contributed by atoms with Crippen LogP contribution in [0.25, 0.3) is 5.69 Å². The van der Waals surface area contributed by atoms with Crippen LogP contribution in [0.3, 0.4) is 0 Å². The summed E-state index contributed by atoms with van der Waals surface area (Å²) in [6.07, 6.45) is 0. The Labute approximate surface area is 160 Å². The number of alkyl halides is 1. The van der Waals surface area contributed by atoms with Gasteiger partial charge in [-0.25, -0.2) is 8.42 Å². The predicted molar refractivity (Wildman–Crippen MR) is 99.6 cm³/mol. The van der Waals surface area contributed by atoms with E-state index >= 15 is 0 Å². The van der Waals surface area contributed by atoms with Gasteiger partial charge >= 0.3 is 0 Å². The molecule has 0 saturated carbocycles. The van der Waals surface area contributed by atoms with Crippen molar-refractivity contribution in [2.45, 2.75) is 30.4 Å². The summed E-state index contributed by atoms with van der Waals surface area (Å²) in [5.41, 5.74) is 2.93. The summed E-state index contributed by atoms with van der Waals surface area (Å²) in [6, 6.07) is 5.39. The van der Waals surface area contributed by atoms with Gasteiger partial charge in [-0.3, -0.25) is 4.79 Å². The first-order valence-electron chi connectivity index (χ1n) is 7.88. The summed E-state index contributed by atoms with van der Waals surface area (Å²) in [7, 11) is -3.19. The zero-order valence-corrected chi connectivity index (χ0v) is 16.6. The van der Waals surface area contributed by atoms with E-state index in [2.05, 4.69) is 20.8 Å². The molecule has 1 saturated heterocycles. The molecule has 0 aliphatic carbocycles. The Kier molecular flexibility index (Phi) is 5.54. The second kappa shape index (κ2) is 7.53. The topological polar surface area (TPSA) is 107 Å². The van der Waals surface area contributed by atoms with Gasteiger partial charge in [0, 0.05) is 0 Å². The monoisotopic (exact) mass is 415 g/mol. The summed E-state index contributed by atoms with van der Waals surface area (Å²) in [5.74, 6) is -0.487. The molecule has 11 heteroatoms. The molecular formula is C15H18ClN5O3S2. The van der Waals surface area contributed by atoms with Gasteiger partial charge in [0.25, 0.3) is 0 Å². The smallest absolute Gasteiger partial charge is 0.230 e. The number of tetrazole rings is 1. The molecule has 1 aliphatic rings. The van der Waals surface area contributed by atoms with E-state index in [0.29, 0.717) is 5.16 Å². The summed E-state index contributed by atoms with van der Waals surface area (Å²) in [6.45, 7) is 3.94. The van der Waals surface area contributed by atoms with Crippen LogP contribution < -0.4 is 5.32 Å². The largest absolute Gasteiger partial charge is 0.350 e. The Hall–Kier alpha value is -1.65. The zero-order chi connectivity index (χ0) is 18.9. The Balaban J connectivity index is 1.65. The number of carbonyl (C=O) groups excluding carboxylic acids is 1. The highest BCUT2D eigenvalue weighted by molar-refractivity contribution is 7.99. The van der Waals surface area contributed by atoms with Gasteiger partial charge in [0.1, 0.15) is 0 Å². The van der Waals surface area contributed by atoms with E-state index in [9.17, 15) is 13.2 Å². The molecule has 1 aromatic heterocycles. The van der Waals surface area contributed by atoms with E-state index in [1.165, 1.54) is 11.8 Å². The second-order valence-corrected chi connectivity index (χ2v) is 9.88. The Bertz CT molecular complexity index is 931. The minimum Gasteiger partial charge on any atom is -0.350 e. The lowest BCUT2D eigenvalue weighted by Gasteiger charge is -2.14. The molecule has 1 aromatic carbocycles. The van der Waals surface area contributed by atoms with Crippen molar-refractivity contribution in [3.63, 3.8) is 0 Å². The first-order chi connectivity index (χ1) is 12.2. The van der Waals surface area contributed by atoms with E-state index < -0.39 is 21.3 Å². The minimum atomic E-state index is -3.19. The molecule has 26 heavy (non-hydrogen) atoms. The van der Waals surface area contributed by atoms with Crippen molar-refractivity contribution in [1.82, 2.24) is 25.5 Å². The third kappa shape index (κ3) is 4.36. The maximum atomic E-state index is 12.2. The second-order valence-electron chi connectivity index (χ2n) is 6.22. The number of nitrogens with zero attached hydrogens (tertiary/aromatic N) is 4. The normalized spacial score (nSPS) is 21.7. The molecule has 2 heterocycles. The number of aromatic nitrogens is 4. The van der Waals surface area contributed by atoms with Crippen LogP contribution in [0.5, 0.6) is 0 Å². The van der Waals surface area contributed by atoms with E-state index in [-0.39, 0.29) is 23.2 Å². The van der Waals surface area contributed by atoms with Gasteiger partial charge in [-0.1, -0.05) is 23.9 Å². The number of halogens is 1. The number of sulfone groups is 1. The van der Waals surface area contributed by atoms with Crippen molar-refractivity contribution in [3.05, 3.63) is 29.3 Å². The molecule has 140 valence electrons. The third-order valence-corrected chi connectivity index (χ3v) is 7.29. The SMILES string of the molecule is Cc1ccc(C)c(-n2nnnc2SCC(=O)N[C@@H]2CS(=O)(=O)C[C@@H]2Cl)c1. The first kappa shape index (κ1) is 19.1. The van der Waals surface area contributed by atoms with Gasteiger partial charge in [0.05, 0.1) is 34.4 Å². The number of thioether (sulfide) groups is 1. The molecular weight excluding hydrogens is 398 g/mol. The van der Waals surface area contributed by atoms with Gasteiger partial charge in [0.15, 0.2) is 9.84 Å². The number of hydrogen-bond donors (Lipinski definition) is 1. The van der Waals surface area contributed by atoms with Crippen LogP contribution in [-0.4, -0.2) is 63.2 Å². The van der Waals surface area contributed by atoms with Crippen LogP contribution in [0.4, 0.5) is 0 Å². The average Bonchev–Trinajstić information content (AvgIpc) is 3.11. The van der Waals surface area contributed by atoms with Gasteiger partial charge < -0.3 is 5.32 Å². The van der Waals surface area contributed by atoms with Gasteiger partial charge in [-0.2, -0.15) is 4.68 Å². The molecule has 0 bridgehead atoms. The van der Waals surface area contributed by atoms with Gasteiger partial charge in [-0.05, 0) is 41.5 Å². The van der Waals surface area contributed by atoms with Crippen LogP contribution >= 0.6 is 23.4 Å². The zero-order valence-electron chi connectivity index (χ0n) is 14.2. The van der Waals surface area contributed by atoms with E-state index in [0.717, 1.165) is 16.8 Å². The number of rotatable bonds is 5. The first-order valence-corrected chi connectivity index (χ1v) is 11.1. The highest BCUT2D eigenvalue weighted by atomic mass is 35.5. The van der Waals surface area contributed by atoms with Crippen LogP contribution in [0.1, 0.15) is 11.1 Å². The highest BCUT2D eigenvalue weighted by Crippen LogP contribution is 2.22. The lowest BCUT2D eigenvalue weighted by atomic mass is 10.1. The van der Waals surface area contributed by atoms with Crippen LogP contribution in [0.15, 0.2) is 23.4 Å². The summed E-state index contributed by atoms with van der Waals surface area (Å²) in [5, 5.41) is 14.2. The minimum absolute atomic E-state index is 0.0609. The van der Waals surface area contributed by atoms with Crippen molar-refractivity contribution in [1.29, 1.82) is 0 Å². The molecule has 1 N–H and O–H groups in total. The number of hydrogen-bond acceptors (Lipinski definition) is 7. The number of benzene rings is 1. The third-order valence-electron chi connectivity index (χ3n) is 4.00. The molecule has 0 spiro atoms. The van der Waals surface area contributed by atoms with Crippen molar-refractivity contribution in [2.24, 2.45) is 0 Å². The Morgan fingerprint density at radius 3 is 2.85 bits per heavy atom. The number of carbonyl (C=O) groups is 1. The number of aryl methyl sites for hydroxylation is 2. The number of nitrogens with one attached hydrogen (secondary N) is 1. The molecule has 3 rings (SSSR count). The summed E-state index contributed by atoms with van der Waals surface area (Å²) < 4.78 is 24.7. The Morgan fingerprint density at radius 2 is 2.15 bits per heavy atom. The summed E-state index contributed by atoms with van der Waals surface area (Å²) in [4.78, 5) is 12.2. The van der Waals surface area contributed by atoms with Gasteiger partial charge in [0.2, 0.25) is 11.1 Å². The summed E-state index contributed by atoms with van der Waals surface area (Å²) >= 11 is 7.18. The maximum Gasteiger partial charge on any atom is 0.230 e.